The van der Waals surface area contributed by atoms with Crippen LogP contribution in [0.5, 0.6) is 0 Å². The molecule has 5 heteroatoms. The van der Waals surface area contributed by atoms with Crippen LogP contribution in [-0.4, -0.2) is 22.3 Å². The van der Waals surface area contributed by atoms with E-state index in [1.54, 1.807) is 0 Å². The van der Waals surface area contributed by atoms with E-state index in [0.29, 0.717) is 5.57 Å². The molecule has 1 atom stereocenters. The molecule has 0 aliphatic heterocycles. The molecule has 11 heavy (non-hydrogen) atoms. The smallest absolute Gasteiger partial charge is 0.547 e. The monoisotopic (exact) mass is 184 g/mol. The maximum Gasteiger partial charge on any atom is 1.00 e. The van der Waals surface area contributed by atoms with Crippen molar-refractivity contribution in [1.29, 1.82) is 0 Å². The predicted molar refractivity (Wildman–Crippen MR) is 32.0 cm³/mol. The molecule has 2 N–H and O–H groups in total. The van der Waals surface area contributed by atoms with E-state index in [9.17, 15) is 9.90 Å². The molecule has 0 fully saturated rings. The Labute approximate surface area is 107 Å². The third-order valence-corrected chi connectivity index (χ3v) is 0.995. The standard InChI is InChI=1S/C6H10O4.K/c1-3(2)4(7)5(8)6(9)10;/h5,7-8H,1-2H3,(H,9,10);/q;+1/p-1. The summed E-state index contributed by atoms with van der Waals surface area (Å²) in [5.74, 6) is -2.25. The fourth-order valence-corrected chi connectivity index (χ4v) is 0.385. The van der Waals surface area contributed by atoms with Gasteiger partial charge in [0.05, 0.1) is 5.97 Å². The Hall–Kier alpha value is 0.606. The summed E-state index contributed by atoms with van der Waals surface area (Å²) in [7, 11) is 0. The molecule has 0 bridgehead atoms. The number of rotatable bonds is 2. The maximum absolute atomic E-state index is 9.89. The number of carbonyl (C=O) groups excluding carboxylic acids is 1. The summed E-state index contributed by atoms with van der Waals surface area (Å²) in [6.07, 6.45) is -1.90. The second-order valence-corrected chi connectivity index (χ2v) is 2.11. The van der Waals surface area contributed by atoms with Gasteiger partial charge in [0, 0.05) is 0 Å². The second-order valence-electron chi connectivity index (χ2n) is 2.11. The summed E-state index contributed by atoms with van der Waals surface area (Å²) in [6.45, 7) is 2.98. The van der Waals surface area contributed by atoms with Crippen molar-refractivity contribution in [3.05, 3.63) is 11.3 Å². The number of aliphatic carboxylic acids is 1. The van der Waals surface area contributed by atoms with Crippen LogP contribution in [0.4, 0.5) is 0 Å². The molecule has 0 aromatic carbocycles. The fourth-order valence-electron chi connectivity index (χ4n) is 0.385. The number of carboxylic acid groups (broad SMARTS) is 1. The molecule has 0 saturated heterocycles. The molecule has 58 valence electrons. The Bertz CT molecular complexity index is 171. The number of aliphatic hydroxyl groups excluding tert-OH is 2. The van der Waals surface area contributed by atoms with Crippen LogP contribution in [0.1, 0.15) is 13.8 Å². The van der Waals surface area contributed by atoms with Gasteiger partial charge in [0.15, 0.2) is 0 Å². The minimum absolute atomic E-state index is 0. The van der Waals surface area contributed by atoms with Crippen molar-refractivity contribution >= 4 is 5.97 Å². The topological polar surface area (TPSA) is 80.6 Å². The van der Waals surface area contributed by atoms with Crippen LogP contribution in [0, 0.1) is 0 Å². The van der Waals surface area contributed by atoms with E-state index in [0.717, 1.165) is 0 Å². The molecule has 0 aromatic heterocycles. The van der Waals surface area contributed by atoms with Crippen molar-refractivity contribution in [3.63, 3.8) is 0 Å². The van der Waals surface area contributed by atoms with Crippen molar-refractivity contribution in [2.45, 2.75) is 20.0 Å². The third-order valence-electron chi connectivity index (χ3n) is 0.995. The summed E-state index contributed by atoms with van der Waals surface area (Å²) >= 11 is 0. The normalized spacial score (nSPS) is 11.2. The van der Waals surface area contributed by atoms with Gasteiger partial charge in [-0.05, 0) is 19.4 Å². The van der Waals surface area contributed by atoms with Gasteiger partial charge in [-0.1, -0.05) is 0 Å². The molecule has 0 saturated carbocycles. The number of allylic oxidation sites excluding steroid dienone is 1. The molecular weight excluding hydrogens is 175 g/mol. The first kappa shape index (κ1) is 14.1. The quantitative estimate of drug-likeness (QED) is 0.338. The van der Waals surface area contributed by atoms with Crippen LogP contribution in [0.25, 0.3) is 0 Å². The molecular formula is C6H9KO4. The summed E-state index contributed by atoms with van der Waals surface area (Å²) < 4.78 is 0. The Kier molecular flexibility index (Phi) is 7.92. The first-order valence-corrected chi connectivity index (χ1v) is 2.72. The maximum atomic E-state index is 9.89. The molecule has 0 aliphatic carbocycles. The summed E-state index contributed by atoms with van der Waals surface area (Å²) in [5.41, 5.74) is 0.358. The first-order chi connectivity index (χ1) is 4.46. The van der Waals surface area contributed by atoms with E-state index < -0.39 is 17.8 Å². The number of carboxylic acids is 1. The second kappa shape index (κ2) is 6.16. The predicted octanol–water partition coefficient (Wildman–Crippen LogP) is -4.05. The first-order valence-electron chi connectivity index (χ1n) is 2.72. The molecule has 4 nitrogen and oxygen atoms in total. The molecule has 0 spiro atoms. The molecule has 0 radical (unpaired) electrons. The van der Waals surface area contributed by atoms with Crippen LogP contribution >= 0.6 is 0 Å². The van der Waals surface area contributed by atoms with Gasteiger partial charge in [0.2, 0.25) is 0 Å². The zero-order valence-electron chi connectivity index (χ0n) is 6.79. The van der Waals surface area contributed by atoms with Gasteiger partial charge in [-0.15, -0.1) is 0 Å². The van der Waals surface area contributed by atoms with Crippen molar-refractivity contribution in [2.75, 3.05) is 0 Å². The molecule has 1 unspecified atom stereocenters. The molecule has 0 heterocycles. The average Bonchev–Trinajstić information content (AvgIpc) is 1.84. The number of hydrogen-bond acceptors (Lipinski definition) is 4. The zero-order chi connectivity index (χ0) is 8.31. The van der Waals surface area contributed by atoms with Crippen molar-refractivity contribution in [2.24, 2.45) is 0 Å². The Morgan fingerprint density at radius 1 is 1.45 bits per heavy atom. The van der Waals surface area contributed by atoms with Crippen LogP contribution in [0.3, 0.4) is 0 Å². The van der Waals surface area contributed by atoms with Crippen LogP contribution in [0.2, 0.25) is 0 Å². The Balaban J connectivity index is 0. The Morgan fingerprint density at radius 2 is 1.82 bits per heavy atom. The van der Waals surface area contributed by atoms with Crippen LogP contribution < -0.4 is 56.5 Å². The fraction of sp³-hybridized carbons (Fsp3) is 0.500. The van der Waals surface area contributed by atoms with E-state index in [4.69, 9.17) is 10.2 Å². The molecule has 0 amide bonds. The average molecular weight is 184 g/mol. The summed E-state index contributed by atoms with van der Waals surface area (Å²) in [5, 5.41) is 27.3. The zero-order valence-corrected chi connectivity index (χ0v) is 9.91. The largest absolute Gasteiger partial charge is 1.00 e. The van der Waals surface area contributed by atoms with Crippen molar-refractivity contribution in [3.8, 4) is 0 Å². The van der Waals surface area contributed by atoms with Gasteiger partial charge >= 0.3 is 51.4 Å². The van der Waals surface area contributed by atoms with Crippen molar-refractivity contribution in [1.82, 2.24) is 0 Å². The number of hydrogen-bond donors (Lipinski definition) is 2. The van der Waals surface area contributed by atoms with E-state index in [1.807, 2.05) is 0 Å². The van der Waals surface area contributed by atoms with Gasteiger partial charge in [-0.3, -0.25) is 0 Å². The summed E-state index contributed by atoms with van der Waals surface area (Å²) in [4.78, 5) is 9.89. The third kappa shape index (κ3) is 4.94. The SMILES string of the molecule is CC(C)=C(O)C(O)C(=O)[O-].[K+]. The van der Waals surface area contributed by atoms with Gasteiger partial charge in [0.25, 0.3) is 0 Å². The minimum Gasteiger partial charge on any atom is -0.547 e. The van der Waals surface area contributed by atoms with E-state index >= 15 is 0 Å². The van der Waals surface area contributed by atoms with Crippen molar-refractivity contribution < 1.29 is 71.5 Å². The number of aliphatic hydroxyl groups is 2. The van der Waals surface area contributed by atoms with Gasteiger partial charge < -0.3 is 20.1 Å². The molecule has 0 aliphatic rings. The van der Waals surface area contributed by atoms with E-state index in [1.165, 1.54) is 13.8 Å². The van der Waals surface area contributed by atoms with Crippen LogP contribution in [0.15, 0.2) is 11.3 Å². The van der Waals surface area contributed by atoms with Crippen LogP contribution in [-0.2, 0) is 4.79 Å². The molecule has 0 rings (SSSR count). The van der Waals surface area contributed by atoms with E-state index in [-0.39, 0.29) is 51.4 Å². The Morgan fingerprint density at radius 3 is 1.91 bits per heavy atom. The minimum atomic E-state index is -1.90. The van der Waals surface area contributed by atoms with Gasteiger partial charge in [-0.2, -0.15) is 0 Å². The van der Waals surface area contributed by atoms with Gasteiger partial charge in [0.1, 0.15) is 11.9 Å². The molecule has 0 aromatic rings. The van der Waals surface area contributed by atoms with Gasteiger partial charge in [-0.25, -0.2) is 0 Å². The number of carbonyl (C=O) groups is 1. The summed E-state index contributed by atoms with van der Waals surface area (Å²) in [6, 6.07) is 0. The van der Waals surface area contributed by atoms with E-state index in [2.05, 4.69) is 0 Å².